The highest BCUT2D eigenvalue weighted by atomic mass is 16.5. The minimum absolute atomic E-state index is 0.699. The molecular formula is C17H19N3O2. The molecule has 1 aromatic carbocycles. The number of nitrogens with one attached hydrogen (secondary N) is 1. The van der Waals surface area contributed by atoms with Crippen molar-refractivity contribution in [1.29, 1.82) is 0 Å². The first-order valence-electron chi connectivity index (χ1n) is 7.20. The zero-order chi connectivity index (χ0) is 15.5. The molecule has 0 fully saturated rings. The number of rotatable bonds is 5. The second kappa shape index (κ2) is 5.97. The molecule has 22 heavy (non-hydrogen) atoms. The van der Waals surface area contributed by atoms with Crippen molar-refractivity contribution in [3.63, 3.8) is 0 Å². The molecule has 0 saturated heterocycles. The van der Waals surface area contributed by atoms with Crippen LogP contribution in [0.2, 0.25) is 0 Å². The van der Waals surface area contributed by atoms with Crippen molar-refractivity contribution >= 4 is 11.3 Å². The van der Waals surface area contributed by atoms with E-state index in [1.54, 1.807) is 14.2 Å². The standard InChI is InChI=1S/C17H19N3O2/c1-4-18-13-6-8-17-19-14(11-20(17)10-13)12-5-7-15(21-2)16(9-12)22-3/h5-11,18H,4H2,1-3H3. The Balaban J connectivity index is 2.02. The first-order valence-corrected chi connectivity index (χ1v) is 7.20. The molecule has 0 radical (unpaired) electrons. The maximum atomic E-state index is 5.35. The minimum Gasteiger partial charge on any atom is -0.493 e. The smallest absolute Gasteiger partial charge is 0.161 e. The van der Waals surface area contributed by atoms with Crippen LogP contribution in [0.4, 0.5) is 5.69 Å². The Morgan fingerprint density at radius 2 is 1.86 bits per heavy atom. The molecule has 0 aliphatic rings. The molecule has 1 N–H and O–H groups in total. The molecule has 0 aliphatic carbocycles. The molecule has 0 atom stereocenters. The number of hydrogen-bond acceptors (Lipinski definition) is 4. The Morgan fingerprint density at radius 1 is 1.05 bits per heavy atom. The zero-order valence-electron chi connectivity index (χ0n) is 13.0. The number of nitrogens with zero attached hydrogens (tertiary/aromatic N) is 2. The van der Waals surface area contributed by atoms with E-state index in [0.717, 1.165) is 29.1 Å². The van der Waals surface area contributed by atoms with Crippen LogP contribution in [0.1, 0.15) is 6.92 Å². The van der Waals surface area contributed by atoms with Crippen molar-refractivity contribution in [3.05, 3.63) is 42.7 Å². The third-order valence-electron chi connectivity index (χ3n) is 3.51. The molecule has 3 aromatic rings. The second-order valence-electron chi connectivity index (χ2n) is 4.91. The Bertz CT molecular complexity index is 796. The van der Waals surface area contributed by atoms with Crippen molar-refractivity contribution in [2.75, 3.05) is 26.1 Å². The summed E-state index contributed by atoms with van der Waals surface area (Å²) < 4.78 is 12.6. The predicted molar refractivity (Wildman–Crippen MR) is 87.9 cm³/mol. The molecule has 5 nitrogen and oxygen atoms in total. The van der Waals surface area contributed by atoms with Crippen molar-refractivity contribution in [3.8, 4) is 22.8 Å². The first kappa shape index (κ1) is 14.3. The fourth-order valence-corrected chi connectivity index (χ4v) is 2.44. The van der Waals surface area contributed by atoms with Crippen LogP contribution in [0.15, 0.2) is 42.7 Å². The van der Waals surface area contributed by atoms with Gasteiger partial charge < -0.3 is 19.2 Å². The van der Waals surface area contributed by atoms with Crippen LogP contribution in [0.25, 0.3) is 16.9 Å². The van der Waals surface area contributed by atoms with Crippen LogP contribution < -0.4 is 14.8 Å². The highest BCUT2D eigenvalue weighted by Crippen LogP contribution is 2.32. The lowest BCUT2D eigenvalue weighted by atomic mass is 10.1. The maximum Gasteiger partial charge on any atom is 0.161 e. The second-order valence-corrected chi connectivity index (χ2v) is 4.91. The van der Waals surface area contributed by atoms with Gasteiger partial charge in [0.2, 0.25) is 0 Å². The van der Waals surface area contributed by atoms with Crippen LogP contribution >= 0.6 is 0 Å². The van der Waals surface area contributed by atoms with Crippen LogP contribution in [-0.2, 0) is 0 Å². The lowest BCUT2D eigenvalue weighted by Gasteiger charge is -2.08. The fourth-order valence-electron chi connectivity index (χ4n) is 2.44. The van der Waals surface area contributed by atoms with Crippen molar-refractivity contribution in [2.24, 2.45) is 0 Å². The lowest BCUT2D eigenvalue weighted by molar-refractivity contribution is 0.355. The highest BCUT2D eigenvalue weighted by Gasteiger charge is 2.09. The van der Waals surface area contributed by atoms with Crippen molar-refractivity contribution in [1.82, 2.24) is 9.38 Å². The number of pyridine rings is 1. The van der Waals surface area contributed by atoms with Gasteiger partial charge in [0, 0.05) is 24.5 Å². The minimum atomic E-state index is 0.699. The number of methoxy groups -OCH3 is 2. The Labute approximate surface area is 129 Å². The van der Waals surface area contributed by atoms with Gasteiger partial charge in [0.25, 0.3) is 0 Å². The van der Waals surface area contributed by atoms with E-state index in [1.165, 1.54) is 0 Å². The van der Waals surface area contributed by atoms with E-state index >= 15 is 0 Å². The quantitative estimate of drug-likeness (QED) is 0.783. The maximum absolute atomic E-state index is 5.35. The molecule has 2 heterocycles. The first-order chi connectivity index (χ1) is 10.7. The molecule has 114 valence electrons. The summed E-state index contributed by atoms with van der Waals surface area (Å²) in [6.07, 6.45) is 4.05. The van der Waals surface area contributed by atoms with Gasteiger partial charge in [-0.15, -0.1) is 0 Å². The van der Waals surface area contributed by atoms with Crippen molar-refractivity contribution in [2.45, 2.75) is 6.92 Å². The zero-order valence-corrected chi connectivity index (χ0v) is 13.0. The van der Waals surface area contributed by atoms with Gasteiger partial charge in [-0.05, 0) is 37.3 Å². The third kappa shape index (κ3) is 2.57. The Kier molecular flexibility index (Phi) is 3.87. The van der Waals surface area contributed by atoms with E-state index in [0.29, 0.717) is 11.5 Å². The monoisotopic (exact) mass is 297 g/mol. The molecule has 0 amide bonds. The van der Waals surface area contributed by atoms with E-state index < -0.39 is 0 Å². The van der Waals surface area contributed by atoms with Crippen LogP contribution in [-0.4, -0.2) is 30.1 Å². The Hall–Kier alpha value is -2.69. The summed E-state index contributed by atoms with van der Waals surface area (Å²) in [4.78, 5) is 4.65. The summed E-state index contributed by atoms with van der Waals surface area (Å²) in [7, 11) is 3.26. The lowest BCUT2D eigenvalue weighted by Crippen LogP contribution is -1.97. The van der Waals surface area contributed by atoms with Gasteiger partial charge in [-0.2, -0.15) is 0 Å². The third-order valence-corrected chi connectivity index (χ3v) is 3.51. The van der Waals surface area contributed by atoms with Crippen molar-refractivity contribution < 1.29 is 9.47 Å². The van der Waals surface area contributed by atoms with E-state index in [9.17, 15) is 0 Å². The number of hydrogen-bond donors (Lipinski definition) is 1. The summed E-state index contributed by atoms with van der Waals surface area (Å²) >= 11 is 0. The molecule has 5 heteroatoms. The van der Waals surface area contributed by atoms with Gasteiger partial charge in [-0.25, -0.2) is 4.98 Å². The predicted octanol–water partition coefficient (Wildman–Crippen LogP) is 3.45. The van der Waals surface area contributed by atoms with Gasteiger partial charge >= 0.3 is 0 Å². The normalized spacial score (nSPS) is 10.7. The van der Waals surface area contributed by atoms with Crippen LogP contribution in [0.3, 0.4) is 0 Å². The molecule has 0 saturated carbocycles. The number of benzene rings is 1. The topological polar surface area (TPSA) is 47.8 Å². The number of imidazole rings is 1. The summed E-state index contributed by atoms with van der Waals surface area (Å²) in [5.41, 5.74) is 3.87. The largest absolute Gasteiger partial charge is 0.493 e. The number of ether oxygens (including phenoxy) is 2. The molecule has 0 unspecified atom stereocenters. The van der Waals surface area contributed by atoms with E-state index in [1.807, 2.05) is 47.1 Å². The van der Waals surface area contributed by atoms with E-state index in [-0.39, 0.29) is 0 Å². The molecule has 0 spiro atoms. The summed E-state index contributed by atoms with van der Waals surface area (Å²) in [5.74, 6) is 1.41. The summed E-state index contributed by atoms with van der Waals surface area (Å²) in [6.45, 7) is 2.97. The van der Waals surface area contributed by atoms with Gasteiger partial charge in [0.15, 0.2) is 11.5 Å². The van der Waals surface area contributed by atoms with Gasteiger partial charge in [-0.3, -0.25) is 0 Å². The van der Waals surface area contributed by atoms with E-state index in [2.05, 4.69) is 17.2 Å². The van der Waals surface area contributed by atoms with Gasteiger partial charge in [0.05, 0.1) is 25.6 Å². The molecule has 0 aliphatic heterocycles. The average molecular weight is 297 g/mol. The Morgan fingerprint density at radius 3 is 2.59 bits per heavy atom. The molecule has 0 bridgehead atoms. The number of aromatic nitrogens is 2. The molecule has 2 aromatic heterocycles. The summed E-state index contributed by atoms with van der Waals surface area (Å²) in [6, 6.07) is 9.84. The van der Waals surface area contributed by atoms with E-state index in [4.69, 9.17) is 9.47 Å². The van der Waals surface area contributed by atoms with Crippen LogP contribution in [0.5, 0.6) is 11.5 Å². The van der Waals surface area contributed by atoms with Gasteiger partial charge in [-0.1, -0.05) is 0 Å². The van der Waals surface area contributed by atoms with Crippen LogP contribution in [0, 0.1) is 0 Å². The number of anilines is 1. The molecule has 3 rings (SSSR count). The number of fused-ring (bicyclic) bond motifs is 1. The average Bonchev–Trinajstić information content (AvgIpc) is 2.97. The fraction of sp³-hybridized carbons (Fsp3) is 0.235. The SMILES string of the molecule is CCNc1ccc2nc(-c3ccc(OC)c(OC)c3)cn2c1. The van der Waals surface area contributed by atoms with Gasteiger partial charge in [0.1, 0.15) is 5.65 Å². The highest BCUT2D eigenvalue weighted by molar-refractivity contribution is 5.67. The summed E-state index contributed by atoms with van der Waals surface area (Å²) in [5, 5.41) is 3.30. The molecular weight excluding hydrogens is 278 g/mol.